The summed E-state index contributed by atoms with van der Waals surface area (Å²) in [7, 11) is -3.64. The zero-order chi connectivity index (χ0) is 17.2. The van der Waals surface area contributed by atoms with Crippen LogP contribution in [-0.2, 0) is 16.4 Å². The number of hydrogen-bond acceptors (Lipinski definition) is 5. The van der Waals surface area contributed by atoms with Gasteiger partial charge in [-0.3, -0.25) is 4.79 Å². The number of rotatable bonds is 5. The van der Waals surface area contributed by atoms with E-state index in [4.69, 9.17) is 11.6 Å². The molecule has 0 aliphatic heterocycles. The molecule has 0 saturated heterocycles. The summed E-state index contributed by atoms with van der Waals surface area (Å²) in [4.78, 5) is 13.7. The molecule has 2 heterocycles. The molecular formula is C16H12ClNO3S3. The Hall–Kier alpha value is -1.67. The van der Waals surface area contributed by atoms with Crippen LogP contribution in [-0.4, -0.2) is 14.3 Å². The van der Waals surface area contributed by atoms with Crippen LogP contribution < -0.4 is 5.32 Å². The molecule has 1 amide bonds. The highest BCUT2D eigenvalue weighted by Gasteiger charge is 2.21. The van der Waals surface area contributed by atoms with Crippen LogP contribution in [0.25, 0.3) is 0 Å². The third-order valence-electron chi connectivity index (χ3n) is 3.20. The second-order valence-electron chi connectivity index (χ2n) is 4.84. The van der Waals surface area contributed by atoms with Gasteiger partial charge in [-0.25, -0.2) is 8.42 Å². The van der Waals surface area contributed by atoms with Crippen molar-refractivity contribution in [1.82, 2.24) is 5.32 Å². The zero-order valence-corrected chi connectivity index (χ0v) is 15.4. The molecule has 1 aromatic carbocycles. The van der Waals surface area contributed by atoms with Gasteiger partial charge in [0.05, 0.1) is 16.3 Å². The Kier molecular flexibility index (Phi) is 5.05. The van der Waals surface area contributed by atoms with Gasteiger partial charge in [0.1, 0.15) is 4.21 Å². The van der Waals surface area contributed by atoms with Crippen LogP contribution in [0.3, 0.4) is 0 Å². The van der Waals surface area contributed by atoms with Crippen molar-refractivity contribution in [3.8, 4) is 0 Å². The van der Waals surface area contributed by atoms with Crippen molar-refractivity contribution in [2.45, 2.75) is 15.6 Å². The second kappa shape index (κ2) is 7.06. The van der Waals surface area contributed by atoms with E-state index in [-0.39, 0.29) is 15.0 Å². The Bertz CT molecular complexity index is 945. The fourth-order valence-electron chi connectivity index (χ4n) is 1.98. The van der Waals surface area contributed by atoms with Gasteiger partial charge in [-0.15, -0.1) is 22.7 Å². The standard InChI is InChI=1S/C16H12ClNO3S3/c17-11-3-5-13(6-4-11)24(20,21)15-8-7-14(23-15)16(19)18-10-12-2-1-9-22-12/h1-9H,10H2,(H,18,19). The summed E-state index contributed by atoms with van der Waals surface area (Å²) in [5.41, 5.74) is 0. The zero-order valence-electron chi connectivity index (χ0n) is 12.2. The first-order valence-electron chi connectivity index (χ1n) is 6.88. The van der Waals surface area contributed by atoms with E-state index >= 15 is 0 Å². The van der Waals surface area contributed by atoms with Gasteiger partial charge in [-0.05, 0) is 47.8 Å². The van der Waals surface area contributed by atoms with Crippen LogP contribution in [0.5, 0.6) is 0 Å². The van der Waals surface area contributed by atoms with E-state index in [1.807, 2.05) is 17.5 Å². The van der Waals surface area contributed by atoms with Crippen molar-refractivity contribution in [2.75, 3.05) is 0 Å². The van der Waals surface area contributed by atoms with Gasteiger partial charge in [0.2, 0.25) is 9.84 Å². The summed E-state index contributed by atoms with van der Waals surface area (Å²) < 4.78 is 25.3. The first-order chi connectivity index (χ1) is 11.5. The molecule has 0 spiro atoms. The van der Waals surface area contributed by atoms with Gasteiger partial charge in [0, 0.05) is 9.90 Å². The van der Waals surface area contributed by atoms with Crippen LogP contribution in [0.2, 0.25) is 5.02 Å². The van der Waals surface area contributed by atoms with Crippen molar-refractivity contribution in [1.29, 1.82) is 0 Å². The number of sulfone groups is 1. The van der Waals surface area contributed by atoms with E-state index in [9.17, 15) is 13.2 Å². The SMILES string of the molecule is O=C(NCc1cccs1)c1ccc(S(=O)(=O)c2ccc(Cl)cc2)s1. The van der Waals surface area contributed by atoms with Gasteiger partial charge >= 0.3 is 0 Å². The molecule has 0 bridgehead atoms. The average Bonchev–Trinajstić information content (AvgIpc) is 3.25. The average molecular weight is 398 g/mol. The Labute approximate surface area is 152 Å². The maximum Gasteiger partial charge on any atom is 0.261 e. The number of benzene rings is 1. The molecule has 3 aromatic rings. The minimum Gasteiger partial charge on any atom is -0.346 e. The molecule has 0 aliphatic carbocycles. The Morgan fingerprint density at radius 1 is 1.08 bits per heavy atom. The van der Waals surface area contributed by atoms with Crippen LogP contribution in [0.1, 0.15) is 14.5 Å². The van der Waals surface area contributed by atoms with Crippen LogP contribution in [0.4, 0.5) is 0 Å². The minimum absolute atomic E-state index is 0.131. The van der Waals surface area contributed by atoms with Gasteiger partial charge in [-0.1, -0.05) is 17.7 Å². The molecule has 0 aliphatic rings. The Morgan fingerprint density at radius 2 is 1.83 bits per heavy atom. The number of amides is 1. The molecule has 124 valence electrons. The van der Waals surface area contributed by atoms with Crippen molar-refractivity contribution in [2.24, 2.45) is 0 Å². The Morgan fingerprint density at radius 3 is 2.50 bits per heavy atom. The highest BCUT2D eigenvalue weighted by molar-refractivity contribution is 7.93. The lowest BCUT2D eigenvalue weighted by Crippen LogP contribution is -2.21. The number of nitrogens with one attached hydrogen (secondary N) is 1. The summed E-state index contributed by atoms with van der Waals surface area (Å²) in [6.45, 7) is 0.424. The molecule has 0 saturated carbocycles. The largest absolute Gasteiger partial charge is 0.346 e. The van der Waals surface area contributed by atoms with E-state index in [1.54, 1.807) is 11.3 Å². The van der Waals surface area contributed by atoms with Crippen LogP contribution >= 0.6 is 34.3 Å². The number of carbonyl (C=O) groups excluding carboxylic acids is 1. The molecule has 0 unspecified atom stereocenters. The van der Waals surface area contributed by atoms with Gasteiger partial charge in [-0.2, -0.15) is 0 Å². The van der Waals surface area contributed by atoms with E-state index in [1.165, 1.54) is 36.4 Å². The first kappa shape index (κ1) is 17.2. The third kappa shape index (κ3) is 3.70. The summed E-state index contributed by atoms with van der Waals surface area (Å²) in [5, 5.41) is 5.18. The van der Waals surface area contributed by atoms with Gasteiger partial charge < -0.3 is 5.32 Å². The number of halogens is 1. The van der Waals surface area contributed by atoms with Crippen LogP contribution in [0.15, 0.2) is 63.0 Å². The molecule has 2 aromatic heterocycles. The maximum atomic E-state index is 12.6. The molecular weight excluding hydrogens is 386 g/mol. The summed E-state index contributed by atoms with van der Waals surface area (Å²) in [5.74, 6) is -0.286. The minimum atomic E-state index is -3.64. The smallest absolute Gasteiger partial charge is 0.261 e. The quantitative estimate of drug-likeness (QED) is 0.700. The van der Waals surface area contributed by atoms with Crippen LogP contribution in [0, 0.1) is 0 Å². The second-order valence-corrected chi connectivity index (χ2v) is 9.57. The van der Waals surface area contributed by atoms with E-state index < -0.39 is 9.84 Å². The lowest BCUT2D eigenvalue weighted by Gasteiger charge is -2.02. The molecule has 0 fully saturated rings. The summed E-state index contributed by atoms with van der Waals surface area (Å²) >= 11 is 8.29. The normalized spacial score (nSPS) is 11.4. The molecule has 8 heteroatoms. The number of carbonyl (C=O) groups is 1. The maximum absolute atomic E-state index is 12.6. The van der Waals surface area contributed by atoms with Crippen molar-refractivity contribution in [3.63, 3.8) is 0 Å². The van der Waals surface area contributed by atoms with Crippen molar-refractivity contribution >= 4 is 50.0 Å². The number of hydrogen-bond donors (Lipinski definition) is 1. The van der Waals surface area contributed by atoms with Gasteiger partial charge in [0.25, 0.3) is 5.91 Å². The molecule has 1 N–H and O–H groups in total. The van der Waals surface area contributed by atoms with Crippen molar-refractivity contribution in [3.05, 3.63) is 68.7 Å². The lowest BCUT2D eigenvalue weighted by molar-refractivity contribution is 0.0955. The topological polar surface area (TPSA) is 63.2 Å². The molecule has 3 rings (SSSR count). The monoisotopic (exact) mass is 397 g/mol. The highest BCUT2D eigenvalue weighted by atomic mass is 35.5. The fraction of sp³-hybridized carbons (Fsp3) is 0.0625. The molecule has 24 heavy (non-hydrogen) atoms. The van der Waals surface area contributed by atoms with Gasteiger partial charge in [0.15, 0.2) is 0 Å². The van der Waals surface area contributed by atoms with Crippen molar-refractivity contribution < 1.29 is 13.2 Å². The molecule has 4 nitrogen and oxygen atoms in total. The summed E-state index contributed by atoms with van der Waals surface area (Å²) in [6, 6.07) is 12.8. The molecule has 0 radical (unpaired) electrons. The third-order valence-corrected chi connectivity index (χ3v) is 7.67. The summed E-state index contributed by atoms with van der Waals surface area (Å²) in [6.07, 6.45) is 0. The highest BCUT2D eigenvalue weighted by Crippen LogP contribution is 2.28. The first-order valence-corrected chi connectivity index (χ1v) is 10.4. The van der Waals surface area contributed by atoms with E-state index in [2.05, 4.69) is 5.32 Å². The molecule has 0 atom stereocenters. The predicted octanol–water partition coefficient (Wildman–Crippen LogP) is 4.23. The Balaban J connectivity index is 1.77. The fourth-order valence-corrected chi connectivity index (χ4v) is 5.38. The van der Waals surface area contributed by atoms with E-state index in [0.717, 1.165) is 16.2 Å². The predicted molar refractivity (Wildman–Crippen MR) is 96.7 cm³/mol. The van der Waals surface area contributed by atoms with E-state index in [0.29, 0.717) is 16.4 Å². The number of thiophene rings is 2. The lowest BCUT2D eigenvalue weighted by atomic mass is 10.4.